The van der Waals surface area contributed by atoms with E-state index in [0.717, 1.165) is 5.56 Å². The van der Waals surface area contributed by atoms with Crippen molar-refractivity contribution in [1.29, 1.82) is 0 Å². The van der Waals surface area contributed by atoms with Gasteiger partial charge in [-0.05, 0) is 12.1 Å². The molecule has 0 bridgehead atoms. The number of rotatable bonds is 7. The van der Waals surface area contributed by atoms with Crippen LogP contribution in [0.15, 0.2) is 71.3 Å². The van der Waals surface area contributed by atoms with Crippen LogP contribution in [0.25, 0.3) is 11.3 Å². The van der Waals surface area contributed by atoms with Crippen molar-refractivity contribution in [1.82, 2.24) is 10.5 Å². The maximum atomic E-state index is 12.4. The number of benzene rings is 2. The van der Waals surface area contributed by atoms with E-state index in [2.05, 4.69) is 10.5 Å². The van der Waals surface area contributed by atoms with Gasteiger partial charge in [0.05, 0.1) is 11.4 Å². The molecule has 0 fully saturated rings. The second-order valence-corrected chi connectivity index (χ2v) is 7.94. The average molecular weight is 385 g/mol. The number of hydrogen-bond donors (Lipinski definition) is 1. The molecule has 0 aliphatic heterocycles. The third-order valence-corrected chi connectivity index (χ3v) is 5.75. The zero-order chi connectivity index (χ0) is 19.3. The molecule has 0 aliphatic carbocycles. The monoisotopic (exact) mass is 385 g/mol. The number of anilines is 1. The summed E-state index contributed by atoms with van der Waals surface area (Å²) >= 11 is 0. The Labute approximate surface area is 157 Å². The predicted molar refractivity (Wildman–Crippen MR) is 103 cm³/mol. The highest BCUT2D eigenvalue weighted by atomic mass is 32.2. The molecule has 0 atom stereocenters. The molecule has 0 saturated carbocycles. The zero-order valence-corrected chi connectivity index (χ0v) is 15.5. The van der Waals surface area contributed by atoms with Crippen molar-refractivity contribution in [2.75, 3.05) is 23.7 Å². The average Bonchev–Trinajstić information content (AvgIpc) is 3.19. The van der Waals surface area contributed by atoms with Gasteiger partial charge in [0.15, 0.2) is 11.5 Å². The maximum absolute atomic E-state index is 12.4. The number of para-hydroxylation sites is 1. The van der Waals surface area contributed by atoms with E-state index < -0.39 is 15.9 Å². The van der Waals surface area contributed by atoms with Crippen LogP contribution in [0.5, 0.6) is 0 Å². The smallest absolute Gasteiger partial charge is 0.273 e. The third kappa shape index (κ3) is 4.53. The number of nitrogens with one attached hydrogen (secondary N) is 1. The second-order valence-electron chi connectivity index (χ2n) is 5.82. The summed E-state index contributed by atoms with van der Waals surface area (Å²) in [6, 6.07) is 19.5. The molecule has 8 heteroatoms. The van der Waals surface area contributed by atoms with Gasteiger partial charge >= 0.3 is 0 Å². The summed E-state index contributed by atoms with van der Waals surface area (Å²) in [7, 11) is -2.07. The largest absolute Gasteiger partial charge is 0.355 e. The summed E-state index contributed by atoms with van der Waals surface area (Å²) in [6.07, 6.45) is 0. The predicted octanol–water partition coefficient (Wildman–Crippen LogP) is 2.54. The molecule has 1 N–H and O–H groups in total. The molecular formula is C19H19N3O4S. The summed E-state index contributed by atoms with van der Waals surface area (Å²) in [5.74, 6) is -0.247. The number of amides is 1. The van der Waals surface area contributed by atoms with Crippen molar-refractivity contribution in [2.45, 2.75) is 0 Å². The summed E-state index contributed by atoms with van der Waals surface area (Å²) in [5, 5.41) is 6.30. The molecule has 7 nitrogen and oxygen atoms in total. The minimum atomic E-state index is -3.55. The Kier molecular flexibility index (Phi) is 5.56. The van der Waals surface area contributed by atoms with Crippen LogP contribution in [0.1, 0.15) is 10.5 Å². The van der Waals surface area contributed by atoms with Gasteiger partial charge in [0.2, 0.25) is 10.0 Å². The molecule has 140 valence electrons. The van der Waals surface area contributed by atoms with Crippen molar-refractivity contribution >= 4 is 21.6 Å². The molecule has 0 spiro atoms. The number of carbonyl (C=O) groups excluding carboxylic acids is 1. The summed E-state index contributed by atoms with van der Waals surface area (Å²) < 4.78 is 31.1. The first-order valence-corrected chi connectivity index (χ1v) is 9.90. The molecule has 1 amide bonds. The van der Waals surface area contributed by atoms with Crippen molar-refractivity contribution in [3.8, 4) is 11.3 Å². The van der Waals surface area contributed by atoms with Crippen LogP contribution in [0.4, 0.5) is 5.69 Å². The Hall–Kier alpha value is -3.13. The van der Waals surface area contributed by atoms with E-state index in [0.29, 0.717) is 11.4 Å². The van der Waals surface area contributed by atoms with E-state index in [1.54, 1.807) is 24.3 Å². The van der Waals surface area contributed by atoms with Gasteiger partial charge in [0, 0.05) is 25.2 Å². The molecule has 1 heterocycles. The highest BCUT2D eigenvalue weighted by Crippen LogP contribution is 2.19. The Morgan fingerprint density at radius 1 is 1.07 bits per heavy atom. The number of carbonyl (C=O) groups is 1. The molecule has 0 unspecified atom stereocenters. The lowest BCUT2D eigenvalue weighted by atomic mass is 10.1. The van der Waals surface area contributed by atoms with Crippen molar-refractivity contribution in [2.24, 2.45) is 0 Å². The zero-order valence-electron chi connectivity index (χ0n) is 14.7. The molecule has 2 aromatic carbocycles. The van der Waals surface area contributed by atoms with Crippen LogP contribution in [0.2, 0.25) is 0 Å². The number of aromatic nitrogens is 1. The molecule has 3 rings (SSSR count). The minimum absolute atomic E-state index is 0.0358. The van der Waals surface area contributed by atoms with Gasteiger partial charge in [-0.2, -0.15) is 0 Å². The van der Waals surface area contributed by atoms with Gasteiger partial charge in [0.25, 0.3) is 5.91 Å². The number of hydrogen-bond acceptors (Lipinski definition) is 5. The van der Waals surface area contributed by atoms with Crippen molar-refractivity contribution in [3.05, 3.63) is 72.4 Å². The lowest BCUT2D eigenvalue weighted by Gasteiger charge is -2.19. The summed E-state index contributed by atoms with van der Waals surface area (Å²) in [5.41, 5.74) is 1.46. The number of sulfonamides is 1. The van der Waals surface area contributed by atoms with E-state index >= 15 is 0 Å². The molecule has 0 aliphatic rings. The highest BCUT2D eigenvalue weighted by molar-refractivity contribution is 7.92. The maximum Gasteiger partial charge on any atom is 0.273 e. The molecule has 0 saturated heterocycles. The quantitative estimate of drug-likeness (QED) is 0.675. The first kappa shape index (κ1) is 18.7. The molecule has 3 aromatic rings. The molecule has 0 radical (unpaired) electrons. The molecule has 1 aromatic heterocycles. The van der Waals surface area contributed by atoms with E-state index in [4.69, 9.17) is 4.52 Å². The Morgan fingerprint density at radius 2 is 1.70 bits per heavy atom. The Morgan fingerprint density at radius 3 is 2.37 bits per heavy atom. The van der Waals surface area contributed by atoms with Gasteiger partial charge in [-0.25, -0.2) is 8.42 Å². The van der Waals surface area contributed by atoms with E-state index in [-0.39, 0.29) is 18.0 Å². The van der Waals surface area contributed by atoms with Gasteiger partial charge in [-0.1, -0.05) is 53.7 Å². The lowest BCUT2D eigenvalue weighted by Crippen LogP contribution is -2.35. The minimum Gasteiger partial charge on any atom is -0.355 e. The van der Waals surface area contributed by atoms with Crippen LogP contribution in [0.3, 0.4) is 0 Å². The van der Waals surface area contributed by atoms with Crippen LogP contribution in [-0.2, 0) is 10.0 Å². The van der Waals surface area contributed by atoms with E-state index in [1.165, 1.54) is 17.4 Å². The van der Waals surface area contributed by atoms with Crippen LogP contribution in [0, 0.1) is 0 Å². The second kappa shape index (κ2) is 8.05. The Balaban J connectivity index is 1.57. The molecular weight excluding hydrogens is 366 g/mol. The van der Waals surface area contributed by atoms with Gasteiger partial charge in [0.1, 0.15) is 0 Å². The van der Waals surface area contributed by atoms with Crippen molar-refractivity contribution in [3.63, 3.8) is 0 Å². The fourth-order valence-electron chi connectivity index (χ4n) is 2.44. The van der Waals surface area contributed by atoms with Gasteiger partial charge in [-0.15, -0.1) is 0 Å². The van der Waals surface area contributed by atoms with Crippen molar-refractivity contribution < 1.29 is 17.7 Å². The van der Waals surface area contributed by atoms with Crippen LogP contribution in [-0.4, -0.2) is 38.8 Å². The normalized spacial score (nSPS) is 11.1. The standard InChI is InChI=1S/C19H19N3O4S/c1-22(16-10-6-3-7-11-16)27(24,25)13-12-20-19(23)17-14-18(26-21-17)15-8-4-2-5-9-15/h2-11,14H,12-13H2,1H3,(H,20,23). The van der Waals surface area contributed by atoms with Crippen LogP contribution < -0.4 is 9.62 Å². The fourth-order valence-corrected chi connectivity index (χ4v) is 3.52. The lowest BCUT2D eigenvalue weighted by molar-refractivity contribution is 0.0947. The summed E-state index contributed by atoms with van der Waals surface area (Å²) in [4.78, 5) is 12.2. The first-order valence-electron chi connectivity index (χ1n) is 8.29. The number of nitrogens with zero attached hydrogens (tertiary/aromatic N) is 2. The van der Waals surface area contributed by atoms with E-state index in [9.17, 15) is 13.2 Å². The fraction of sp³-hybridized carbons (Fsp3) is 0.158. The third-order valence-electron chi connectivity index (χ3n) is 3.98. The van der Waals surface area contributed by atoms with Crippen LogP contribution >= 0.6 is 0 Å². The highest BCUT2D eigenvalue weighted by Gasteiger charge is 2.19. The first-order chi connectivity index (χ1) is 13.0. The molecule has 27 heavy (non-hydrogen) atoms. The SMILES string of the molecule is CN(c1ccccc1)S(=O)(=O)CCNC(=O)c1cc(-c2ccccc2)on1. The Bertz CT molecular complexity index is 1000. The van der Waals surface area contributed by atoms with E-state index in [1.807, 2.05) is 36.4 Å². The topological polar surface area (TPSA) is 92.5 Å². The van der Waals surface area contributed by atoms with Gasteiger partial charge < -0.3 is 9.84 Å². The van der Waals surface area contributed by atoms with Gasteiger partial charge in [-0.3, -0.25) is 9.10 Å². The summed E-state index contributed by atoms with van der Waals surface area (Å²) in [6.45, 7) is -0.0358.